The number of benzene rings is 1. The summed E-state index contributed by atoms with van der Waals surface area (Å²) in [5.41, 5.74) is 6.16. The highest BCUT2D eigenvalue weighted by Crippen LogP contribution is 2.23. The summed E-state index contributed by atoms with van der Waals surface area (Å²) in [5, 5.41) is 6.39. The van der Waals surface area contributed by atoms with Crippen LogP contribution in [0.4, 0.5) is 15.9 Å². The molecule has 0 spiro atoms. The van der Waals surface area contributed by atoms with E-state index in [4.69, 9.17) is 5.73 Å². The van der Waals surface area contributed by atoms with E-state index < -0.39 is 15.8 Å². The first-order chi connectivity index (χ1) is 8.79. The highest BCUT2D eigenvalue weighted by atomic mass is 32.2. The number of nitrogens with one attached hydrogen (secondary N) is 2. The second-order valence-corrected chi connectivity index (χ2v) is 5.83. The number of aromatic nitrogens is 2. The maximum absolute atomic E-state index is 13.2. The van der Waals surface area contributed by atoms with Crippen molar-refractivity contribution < 1.29 is 12.8 Å². The van der Waals surface area contributed by atoms with Crippen LogP contribution in [0.1, 0.15) is 11.3 Å². The van der Waals surface area contributed by atoms with Crippen LogP contribution < -0.4 is 10.5 Å². The molecule has 0 aliphatic carbocycles. The number of nitrogens with zero attached hydrogens (tertiary/aromatic N) is 1. The predicted octanol–water partition coefficient (Wildman–Crippen LogP) is 1.55. The summed E-state index contributed by atoms with van der Waals surface area (Å²) < 4.78 is 39.8. The van der Waals surface area contributed by atoms with Crippen molar-refractivity contribution in [3.63, 3.8) is 0 Å². The molecule has 1 aromatic carbocycles. The van der Waals surface area contributed by atoms with Crippen molar-refractivity contribution in [2.24, 2.45) is 0 Å². The van der Waals surface area contributed by atoms with Crippen LogP contribution in [0, 0.1) is 19.7 Å². The van der Waals surface area contributed by atoms with Gasteiger partial charge in [-0.1, -0.05) is 0 Å². The molecular formula is C11H13FN4O2S. The smallest absolute Gasteiger partial charge is 0.263 e. The summed E-state index contributed by atoms with van der Waals surface area (Å²) in [5.74, 6) is -0.480. The zero-order valence-corrected chi connectivity index (χ0v) is 11.2. The van der Waals surface area contributed by atoms with E-state index in [0.717, 1.165) is 12.1 Å². The molecule has 0 fully saturated rings. The number of hydrogen-bond acceptors (Lipinski definition) is 4. The number of nitrogen functional groups attached to an aromatic ring is 1. The molecule has 1 aromatic heterocycles. The highest BCUT2D eigenvalue weighted by molar-refractivity contribution is 7.92. The van der Waals surface area contributed by atoms with E-state index in [1.54, 1.807) is 13.0 Å². The van der Waals surface area contributed by atoms with Gasteiger partial charge >= 0.3 is 0 Å². The molecule has 0 amide bonds. The Morgan fingerprint density at radius 2 is 2.00 bits per heavy atom. The summed E-state index contributed by atoms with van der Waals surface area (Å²) >= 11 is 0. The zero-order valence-electron chi connectivity index (χ0n) is 10.4. The fourth-order valence-corrected chi connectivity index (χ4v) is 2.88. The average Bonchev–Trinajstić information content (AvgIpc) is 2.68. The molecule has 4 N–H and O–H groups in total. The number of rotatable bonds is 3. The Hall–Kier alpha value is -2.09. The van der Waals surface area contributed by atoms with Crippen molar-refractivity contribution in [3.8, 4) is 0 Å². The Morgan fingerprint density at radius 3 is 2.58 bits per heavy atom. The van der Waals surface area contributed by atoms with Crippen LogP contribution >= 0.6 is 0 Å². The molecule has 0 radical (unpaired) electrons. The summed E-state index contributed by atoms with van der Waals surface area (Å²) in [4.78, 5) is -0.0768. The molecule has 0 bridgehead atoms. The standard InChI is InChI=1S/C11H13FN4O2S/c1-6-3-8(12)9(13)5-10(6)19(17,18)16-11-4-7(2)14-15-11/h3-5H,13H2,1-2H3,(H2,14,15,16). The van der Waals surface area contributed by atoms with Gasteiger partial charge in [-0.15, -0.1) is 0 Å². The highest BCUT2D eigenvalue weighted by Gasteiger charge is 2.20. The van der Waals surface area contributed by atoms with Crippen molar-refractivity contribution >= 4 is 21.5 Å². The fourth-order valence-electron chi connectivity index (χ4n) is 1.62. The van der Waals surface area contributed by atoms with Crippen molar-refractivity contribution in [2.75, 3.05) is 10.5 Å². The molecule has 0 aliphatic heterocycles. The summed E-state index contributed by atoms with van der Waals surface area (Å²) in [6, 6.07) is 3.71. The van der Waals surface area contributed by atoms with Gasteiger partial charge in [0.15, 0.2) is 5.82 Å². The Kier molecular flexibility index (Phi) is 3.19. The van der Waals surface area contributed by atoms with E-state index in [1.165, 1.54) is 6.92 Å². The molecule has 2 aromatic rings. The molecule has 1 heterocycles. The first-order valence-corrected chi connectivity index (χ1v) is 6.88. The van der Waals surface area contributed by atoms with Gasteiger partial charge < -0.3 is 5.73 Å². The third kappa shape index (κ3) is 2.68. The molecule has 102 valence electrons. The number of sulfonamides is 1. The van der Waals surface area contributed by atoms with Gasteiger partial charge in [0.1, 0.15) is 5.82 Å². The maximum atomic E-state index is 13.2. The third-order valence-electron chi connectivity index (χ3n) is 2.53. The van der Waals surface area contributed by atoms with Gasteiger partial charge in [0.25, 0.3) is 10.0 Å². The van der Waals surface area contributed by atoms with Gasteiger partial charge in [0, 0.05) is 11.8 Å². The fraction of sp³-hybridized carbons (Fsp3) is 0.182. The second kappa shape index (κ2) is 4.54. The third-order valence-corrected chi connectivity index (χ3v) is 4.03. The Labute approximate surface area is 109 Å². The van der Waals surface area contributed by atoms with Gasteiger partial charge in [0.2, 0.25) is 0 Å². The van der Waals surface area contributed by atoms with E-state index in [2.05, 4.69) is 14.9 Å². The summed E-state index contributed by atoms with van der Waals surface area (Å²) in [6.07, 6.45) is 0. The molecule has 6 nitrogen and oxygen atoms in total. The van der Waals surface area contributed by atoms with Gasteiger partial charge in [-0.05, 0) is 31.5 Å². The van der Waals surface area contributed by atoms with E-state index in [-0.39, 0.29) is 22.0 Å². The SMILES string of the molecule is Cc1cc(NS(=O)(=O)c2cc(N)c(F)cc2C)n[nH]1. The van der Waals surface area contributed by atoms with Crippen LogP contribution in [0.15, 0.2) is 23.1 Å². The lowest BCUT2D eigenvalue weighted by atomic mass is 10.2. The number of anilines is 2. The monoisotopic (exact) mass is 284 g/mol. The Bertz CT molecular complexity index is 724. The number of nitrogens with two attached hydrogens (primary N) is 1. The molecule has 8 heteroatoms. The quantitative estimate of drug-likeness (QED) is 0.744. The molecular weight excluding hydrogens is 271 g/mol. The first kappa shape index (κ1) is 13.3. The number of H-pyrrole nitrogens is 1. The van der Waals surface area contributed by atoms with E-state index in [1.807, 2.05) is 0 Å². The topological polar surface area (TPSA) is 101 Å². The predicted molar refractivity (Wildman–Crippen MR) is 69.7 cm³/mol. The van der Waals surface area contributed by atoms with E-state index in [9.17, 15) is 12.8 Å². The van der Waals surface area contributed by atoms with Crippen molar-refractivity contribution in [1.29, 1.82) is 0 Å². The lowest BCUT2D eigenvalue weighted by molar-refractivity contribution is 0.599. The minimum atomic E-state index is -3.85. The van der Waals surface area contributed by atoms with Crippen LogP contribution in [0.25, 0.3) is 0 Å². The van der Waals surface area contributed by atoms with Crippen molar-refractivity contribution in [3.05, 3.63) is 35.3 Å². The van der Waals surface area contributed by atoms with Gasteiger partial charge in [-0.3, -0.25) is 9.82 Å². The normalized spacial score (nSPS) is 11.5. The number of halogens is 1. The molecule has 0 saturated heterocycles. The van der Waals surface area contributed by atoms with Gasteiger partial charge in [-0.25, -0.2) is 12.8 Å². The Balaban J connectivity index is 2.42. The van der Waals surface area contributed by atoms with Crippen LogP contribution in [0.2, 0.25) is 0 Å². The first-order valence-electron chi connectivity index (χ1n) is 5.40. The molecule has 19 heavy (non-hydrogen) atoms. The molecule has 0 atom stereocenters. The van der Waals surface area contributed by atoms with E-state index in [0.29, 0.717) is 5.69 Å². The molecule has 0 unspecified atom stereocenters. The minimum absolute atomic E-state index is 0.0768. The largest absolute Gasteiger partial charge is 0.396 e. The minimum Gasteiger partial charge on any atom is -0.396 e. The van der Waals surface area contributed by atoms with E-state index >= 15 is 0 Å². The average molecular weight is 284 g/mol. The van der Waals surface area contributed by atoms with Crippen LogP contribution in [-0.4, -0.2) is 18.6 Å². The summed E-state index contributed by atoms with van der Waals surface area (Å²) in [6.45, 7) is 3.23. The number of hydrogen-bond donors (Lipinski definition) is 3. The van der Waals surface area contributed by atoms with Crippen LogP contribution in [-0.2, 0) is 10.0 Å². The van der Waals surface area contributed by atoms with Crippen LogP contribution in [0.5, 0.6) is 0 Å². The van der Waals surface area contributed by atoms with Crippen LogP contribution in [0.3, 0.4) is 0 Å². The maximum Gasteiger partial charge on any atom is 0.263 e. The van der Waals surface area contributed by atoms with Gasteiger partial charge in [0.05, 0.1) is 10.6 Å². The van der Waals surface area contributed by atoms with Crippen molar-refractivity contribution in [2.45, 2.75) is 18.7 Å². The van der Waals surface area contributed by atoms with Gasteiger partial charge in [-0.2, -0.15) is 5.10 Å². The number of aromatic amines is 1. The van der Waals surface area contributed by atoms with Crippen molar-refractivity contribution in [1.82, 2.24) is 10.2 Å². The lowest BCUT2D eigenvalue weighted by Crippen LogP contribution is -2.15. The lowest BCUT2D eigenvalue weighted by Gasteiger charge is -2.09. The molecule has 2 rings (SSSR count). The number of aryl methyl sites for hydroxylation is 2. The molecule has 0 aliphatic rings. The second-order valence-electron chi connectivity index (χ2n) is 4.18. The zero-order chi connectivity index (χ0) is 14.2. The Morgan fingerprint density at radius 1 is 1.32 bits per heavy atom. The molecule has 0 saturated carbocycles. The summed E-state index contributed by atoms with van der Waals surface area (Å²) in [7, 11) is -3.85.